The smallest absolute Gasteiger partial charge is 0.339 e. The molecular formula is C18H18F3N3OS. The molecule has 4 rings (SSSR count). The summed E-state index contributed by atoms with van der Waals surface area (Å²) in [4.78, 5) is 14.2. The van der Waals surface area contributed by atoms with E-state index in [0.29, 0.717) is 19.0 Å². The molecule has 0 unspecified atom stereocenters. The number of hydrogen-bond donors (Lipinski definition) is 0. The molecule has 2 aliphatic rings. The molecule has 138 valence electrons. The lowest BCUT2D eigenvalue weighted by Gasteiger charge is -2.31. The van der Waals surface area contributed by atoms with Crippen LogP contribution in [0.25, 0.3) is 0 Å². The third kappa shape index (κ3) is 3.60. The average Bonchev–Trinajstić information content (AvgIpc) is 3.38. The van der Waals surface area contributed by atoms with Crippen LogP contribution in [0.2, 0.25) is 0 Å². The van der Waals surface area contributed by atoms with E-state index in [4.69, 9.17) is 0 Å². The van der Waals surface area contributed by atoms with Crippen molar-refractivity contribution in [2.45, 2.75) is 43.7 Å². The van der Waals surface area contributed by atoms with Crippen LogP contribution in [0, 0.1) is 0 Å². The SMILES string of the molecule is O=C(c1cccc(C(F)(F)F)c1)N1CCC(c2nnc(C3CC3)s2)CC1. The van der Waals surface area contributed by atoms with E-state index in [2.05, 4.69) is 10.2 Å². The highest BCUT2D eigenvalue weighted by Gasteiger charge is 2.33. The summed E-state index contributed by atoms with van der Waals surface area (Å²) in [7, 11) is 0. The monoisotopic (exact) mass is 381 g/mol. The van der Waals surface area contributed by atoms with E-state index in [0.717, 1.165) is 35.0 Å². The quantitative estimate of drug-likeness (QED) is 0.789. The molecule has 1 saturated carbocycles. The number of likely N-dealkylation sites (tertiary alicyclic amines) is 1. The van der Waals surface area contributed by atoms with Crippen LogP contribution < -0.4 is 0 Å². The maximum Gasteiger partial charge on any atom is 0.416 e. The zero-order valence-electron chi connectivity index (χ0n) is 14.0. The molecular weight excluding hydrogens is 363 g/mol. The van der Waals surface area contributed by atoms with Crippen molar-refractivity contribution in [1.82, 2.24) is 15.1 Å². The van der Waals surface area contributed by atoms with E-state index in [-0.39, 0.29) is 17.4 Å². The van der Waals surface area contributed by atoms with Gasteiger partial charge in [-0.3, -0.25) is 4.79 Å². The zero-order chi connectivity index (χ0) is 18.3. The van der Waals surface area contributed by atoms with Gasteiger partial charge < -0.3 is 4.90 Å². The fraction of sp³-hybridized carbons (Fsp3) is 0.500. The number of aromatic nitrogens is 2. The average molecular weight is 381 g/mol. The second kappa shape index (κ2) is 6.64. The maximum absolute atomic E-state index is 12.8. The second-order valence-corrected chi connectivity index (χ2v) is 7.94. The molecule has 1 saturated heterocycles. The minimum absolute atomic E-state index is 0.0882. The summed E-state index contributed by atoms with van der Waals surface area (Å²) in [5.74, 6) is 0.528. The van der Waals surface area contributed by atoms with Crippen molar-refractivity contribution in [3.05, 3.63) is 45.4 Å². The highest BCUT2D eigenvalue weighted by Crippen LogP contribution is 2.43. The number of amides is 1. The van der Waals surface area contributed by atoms with Gasteiger partial charge in [-0.15, -0.1) is 21.5 Å². The van der Waals surface area contributed by atoms with Crippen molar-refractivity contribution in [1.29, 1.82) is 0 Å². The zero-order valence-corrected chi connectivity index (χ0v) is 14.8. The van der Waals surface area contributed by atoms with E-state index >= 15 is 0 Å². The third-order valence-corrected chi connectivity index (χ3v) is 6.20. The van der Waals surface area contributed by atoms with Crippen LogP contribution in [0.4, 0.5) is 13.2 Å². The number of nitrogens with zero attached hydrogens (tertiary/aromatic N) is 3. The molecule has 2 aromatic rings. The largest absolute Gasteiger partial charge is 0.416 e. The summed E-state index contributed by atoms with van der Waals surface area (Å²) in [5, 5.41) is 10.7. The molecule has 1 aliphatic heterocycles. The lowest BCUT2D eigenvalue weighted by Crippen LogP contribution is -2.38. The molecule has 26 heavy (non-hydrogen) atoms. The highest BCUT2D eigenvalue weighted by molar-refractivity contribution is 7.11. The van der Waals surface area contributed by atoms with Crippen LogP contribution in [0.1, 0.15) is 63.5 Å². The topological polar surface area (TPSA) is 46.1 Å². The molecule has 1 aromatic carbocycles. The Morgan fingerprint density at radius 3 is 2.23 bits per heavy atom. The Morgan fingerprint density at radius 1 is 1.04 bits per heavy atom. The fourth-order valence-corrected chi connectivity index (χ4v) is 4.43. The van der Waals surface area contributed by atoms with Gasteiger partial charge in [-0.1, -0.05) is 6.07 Å². The Labute approximate surface area is 153 Å². The van der Waals surface area contributed by atoms with Crippen LogP contribution in [0.15, 0.2) is 24.3 Å². The lowest BCUT2D eigenvalue weighted by atomic mass is 9.97. The Morgan fingerprint density at radius 2 is 1.65 bits per heavy atom. The molecule has 4 nitrogen and oxygen atoms in total. The van der Waals surface area contributed by atoms with Gasteiger partial charge in [0.25, 0.3) is 5.91 Å². The molecule has 1 aromatic heterocycles. The first-order valence-electron chi connectivity index (χ1n) is 8.71. The number of piperidine rings is 1. The maximum atomic E-state index is 12.8. The van der Waals surface area contributed by atoms with Gasteiger partial charge in [-0.05, 0) is 43.9 Å². The van der Waals surface area contributed by atoms with Crippen molar-refractivity contribution in [2.24, 2.45) is 0 Å². The molecule has 0 radical (unpaired) electrons. The predicted molar refractivity (Wildman–Crippen MR) is 91.2 cm³/mol. The van der Waals surface area contributed by atoms with Crippen LogP contribution in [0.3, 0.4) is 0 Å². The van der Waals surface area contributed by atoms with Crippen molar-refractivity contribution < 1.29 is 18.0 Å². The third-order valence-electron chi connectivity index (χ3n) is 4.95. The van der Waals surface area contributed by atoms with Crippen LogP contribution in [0.5, 0.6) is 0 Å². The number of halogens is 3. The van der Waals surface area contributed by atoms with Gasteiger partial charge in [-0.25, -0.2) is 0 Å². The molecule has 0 bridgehead atoms. The van der Waals surface area contributed by atoms with Crippen molar-refractivity contribution >= 4 is 17.2 Å². The minimum atomic E-state index is -4.44. The number of benzene rings is 1. The first-order valence-corrected chi connectivity index (χ1v) is 9.53. The van der Waals surface area contributed by atoms with Crippen LogP contribution >= 0.6 is 11.3 Å². The van der Waals surface area contributed by atoms with Gasteiger partial charge >= 0.3 is 6.18 Å². The molecule has 2 fully saturated rings. The lowest BCUT2D eigenvalue weighted by molar-refractivity contribution is -0.137. The summed E-state index contributed by atoms with van der Waals surface area (Å²) >= 11 is 1.67. The van der Waals surface area contributed by atoms with E-state index in [9.17, 15) is 18.0 Å². The molecule has 0 N–H and O–H groups in total. The summed E-state index contributed by atoms with van der Waals surface area (Å²) < 4.78 is 38.5. The van der Waals surface area contributed by atoms with Gasteiger partial charge in [0.15, 0.2) is 0 Å². The van der Waals surface area contributed by atoms with Gasteiger partial charge in [0.05, 0.1) is 5.56 Å². The normalized spacial score (nSPS) is 19.0. The van der Waals surface area contributed by atoms with E-state index in [1.807, 2.05) is 0 Å². The second-order valence-electron chi connectivity index (χ2n) is 6.90. The van der Waals surface area contributed by atoms with Gasteiger partial charge in [0, 0.05) is 30.5 Å². The molecule has 0 spiro atoms. The van der Waals surface area contributed by atoms with Gasteiger partial charge in [-0.2, -0.15) is 13.2 Å². The molecule has 0 atom stereocenters. The number of carbonyl (C=O) groups is 1. The number of alkyl halides is 3. The molecule has 8 heteroatoms. The number of hydrogen-bond acceptors (Lipinski definition) is 4. The van der Waals surface area contributed by atoms with Crippen LogP contribution in [-0.4, -0.2) is 34.1 Å². The van der Waals surface area contributed by atoms with Crippen molar-refractivity contribution in [3.8, 4) is 0 Å². The first-order chi connectivity index (χ1) is 12.4. The minimum Gasteiger partial charge on any atom is -0.339 e. The fourth-order valence-electron chi connectivity index (χ4n) is 3.25. The highest BCUT2D eigenvalue weighted by atomic mass is 32.1. The van der Waals surface area contributed by atoms with Crippen LogP contribution in [-0.2, 0) is 6.18 Å². The molecule has 2 heterocycles. The van der Waals surface area contributed by atoms with Crippen molar-refractivity contribution in [3.63, 3.8) is 0 Å². The molecule has 1 amide bonds. The van der Waals surface area contributed by atoms with E-state index < -0.39 is 11.7 Å². The Balaban J connectivity index is 1.40. The summed E-state index contributed by atoms with van der Waals surface area (Å²) in [6, 6.07) is 4.64. The summed E-state index contributed by atoms with van der Waals surface area (Å²) in [6.45, 7) is 1.05. The van der Waals surface area contributed by atoms with E-state index in [1.54, 1.807) is 16.2 Å². The van der Waals surface area contributed by atoms with E-state index in [1.165, 1.54) is 25.0 Å². The van der Waals surface area contributed by atoms with Gasteiger partial charge in [0.1, 0.15) is 10.0 Å². The number of carbonyl (C=O) groups excluding carboxylic acids is 1. The summed E-state index contributed by atoms with van der Waals surface area (Å²) in [6.07, 6.45) is -0.522. The Hall–Kier alpha value is -1.96. The number of rotatable bonds is 3. The van der Waals surface area contributed by atoms with Crippen molar-refractivity contribution in [2.75, 3.05) is 13.1 Å². The standard InChI is InChI=1S/C18H18F3N3OS/c19-18(20,21)14-3-1-2-13(10-14)17(25)24-8-6-12(7-9-24)16-23-22-15(26-16)11-4-5-11/h1-3,10-12H,4-9H2. The summed E-state index contributed by atoms with van der Waals surface area (Å²) in [5.41, 5.74) is -0.704. The predicted octanol–water partition coefficient (Wildman–Crippen LogP) is 4.45. The van der Waals surface area contributed by atoms with Gasteiger partial charge in [0.2, 0.25) is 0 Å². The first kappa shape index (κ1) is 17.5. The Kier molecular flexibility index (Phi) is 4.46. The Bertz CT molecular complexity index is 808. The molecule has 1 aliphatic carbocycles.